The summed E-state index contributed by atoms with van der Waals surface area (Å²) in [7, 11) is 1.11. The molecule has 0 aliphatic rings. The maximum Gasteiger partial charge on any atom is 0.310 e. The van der Waals surface area contributed by atoms with Crippen LogP contribution in [0.3, 0.4) is 0 Å². The Morgan fingerprint density at radius 2 is 0.750 bits per heavy atom. The molecule has 0 spiro atoms. The van der Waals surface area contributed by atoms with Crippen molar-refractivity contribution in [2.45, 2.75) is 290 Å². The Labute approximate surface area is 493 Å². The van der Waals surface area contributed by atoms with Gasteiger partial charge >= 0.3 is 11.9 Å². The minimum absolute atomic E-state index is 0.00909. The monoisotopic (exact) mass is 1140 g/mol. The van der Waals surface area contributed by atoms with Crippen LogP contribution < -0.4 is 4.89 Å². The molecule has 0 saturated carbocycles. The lowest BCUT2D eigenvalue weighted by atomic mass is 10.0. The van der Waals surface area contributed by atoms with Gasteiger partial charge in [-0.2, -0.15) is 0 Å². The third-order valence-electron chi connectivity index (χ3n) is 14.1. The molecular weight excluding hydrogens is 1010 g/mol. The van der Waals surface area contributed by atoms with Crippen LogP contribution in [0.2, 0.25) is 0 Å². The Balaban J connectivity index is 3.91. The van der Waals surface area contributed by atoms with Crippen LogP contribution in [0.4, 0.5) is 0 Å². The van der Waals surface area contributed by atoms with Gasteiger partial charge in [-0.25, -0.2) is 0 Å². The number of hydrogen-bond donors (Lipinski definition) is 0. The zero-order valence-corrected chi connectivity index (χ0v) is 53.4. The van der Waals surface area contributed by atoms with E-state index in [0.29, 0.717) is 17.4 Å². The number of unbranched alkanes of at least 4 members (excludes halogenated alkanes) is 31. The van der Waals surface area contributed by atoms with Crippen LogP contribution in [-0.2, 0) is 32.7 Å². The molecule has 462 valence electrons. The number of quaternary nitrogens is 1. The maximum absolute atomic E-state index is 12.7. The van der Waals surface area contributed by atoms with E-state index in [1.165, 1.54) is 193 Å². The number of phosphoric acid groups is 1. The Hall–Kier alpha value is -3.07. The fraction of sp³-hybridized carbons (Fsp3) is 0.743. The van der Waals surface area contributed by atoms with Gasteiger partial charge in [-0.3, -0.25) is 14.2 Å². The first-order valence-corrected chi connectivity index (χ1v) is 34.4. The van der Waals surface area contributed by atoms with E-state index >= 15 is 0 Å². The number of nitrogens with zero attached hydrogens (tertiary/aromatic N) is 1. The molecule has 0 aromatic carbocycles. The standard InChI is InChI=1S/C70H124NO8P/c1-6-8-10-12-14-16-18-20-22-23-24-25-26-27-28-29-30-31-32-33-34-35-36-37-38-39-40-41-42-43-44-45-46-47-49-50-52-54-56-58-60-62-69(72)76-66-68(67-78-80(74,75)77-65-64-71(3,4)5)79-70(73)63-61-59-57-55-53-51-48-21-19-17-15-13-11-9-7-2/h9,11,15,17-18,20-21,23-24,26-27,48,53,55,59,61,68H,6-8,10,12-14,16,19,22,25,28-47,49-52,54,56-58,60,62-67H2,1-5H3/b11-9-,17-15-,20-18-,24-23-,27-26-,48-21-,55-53-,61-59-. The molecule has 9 nitrogen and oxygen atoms in total. The molecule has 0 amide bonds. The highest BCUT2D eigenvalue weighted by atomic mass is 31.2. The summed E-state index contributed by atoms with van der Waals surface area (Å²) in [6, 6.07) is 0. The molecule has 0 saturated heterocycles. The van der Waals surface area contributed by atoms with E-state index in [9.17, 15) is 19.0 Å². The van der Waals surface area contributed by atoms with Crippen molar-refractivity contribution in [2.75, 3.05) is 47.5 Å². The first-order chi connectivity index (χ1) is 39.0. The fourth-order valence-corrected chi connectivity index (χ4v) is 9.82. The van der Waals surface area contributed by atoms with Crippen LogP contribution in [0.25, 0.3) is 0 Å². The van der Waals surface area contributed by atoms with Crippen molar-refractivity contribution in [3.8, 4) is 0 Å². The first kappa shape index (κ1) is 76.9. The Kier molecular flexibility index (Phi) is 58.2. The van der Waals surface area contributed by atoms with E-state index in [2.05, 4.69) is 92.8 Å². The van der Waals surface area contributed by atoms with Crippen molar-refractivity contribution >= 4 is 19.8 Å². The van der Waals surface area contributed by atoms with Crippen LogP contribution in [0, 0.1) is 0 Å². The third kappa shape index (κ3) is 64.1. The summed E-state index contributed by atoms with van der Waals surface area (Å²) in [6.07, 6.45) is 84.1. The first-order valence-electron chi connectivity index (χ1n) is 32.9. The molecule has 0 radical (unpaired) electrons. The number of esters is 2. The molecule has 0 aromatic rings. The summed E-state index contributed by atoms with van der Waals surface area (Å²) >= 11 is 0. The third-order valence-corrected chi connectivity index (χ3v) is 15.1. The van der Waals surface area contributed by atoms with Crippen molar-refractivity contribution in [1.29, 1.82) is 0 Å². The lowest BCUT2D eigenvalue weighted by Crippen LogP contribution is -2.37. The molecular formula is C70H124NO8P. The Morgan fingerprint density at radius 3 is 1.12 bits per heavy atom. The van der Waals surface area contributed by atoms with Crippen molar-refractivity contribution < 1.29 is 42.1 Å². The van der Waals surface area contributed by atoms with Crippen molar-refractivity contribution in [2.24, 2.45) is 0 Å². The summed E-state index contributed by atoms with van der Waals surface area (Å²) < 4.78 is 34.0. The van der Waals surface area contributed by atoms with Gasteiger partial charge in [0.1, 0.15) is 19.8 Å². The molecule has 80 heavy (non-hydrogen) atoms. The predicted octanol–water partition coefficient (Wildman–Crippen LogP) is 20.5. The van der Waals surface area contributed by atoms with Gasteiger partial charge in [0.25, 0.3) is 7.82 Å². The van der Waals surface area contributed by atoms with Gasteiger partial charge in [-0.05, 0) is 77.0 Å². The summed E-state index contributed by atoms with van der Waals surface area (Å²) in [5, 5.41) is 0. The molecule has 0 bridgehead atoms. The van der Waals surface area contributed by atoms with Gasteiger partial charge in [0, 0.05) is 6.42 Å². The maximum atomic E-state index is 12.7. The summed E-state index contributed by atoms with van der Waals surface area (Å²) in [5.41, 5.74) is 0. The van der Waals surface area contributed by atoms with Gasteiger partial charge in [0.15, 0.2) is 6.10 Å². The highest BCUT2D eigenvalue weighted by Gasteiger charge is 2.21. The van der Waals surface area contributed by atoms with Gasteiger partial charge in [-0.15, -0.1) is 0 Å². The minimum atomic E-state index is -4.66. The minimum Gasteiger partial charge on any atom is -0.756 e. The molecule has 0 rings (SSSR count). The van der Waals surface area contributed by atoms with Crippen molar-refractivity contribution in [3.05, 3.63) is 97.2 Å². The number of ether oxygens (including phenoxy) is 2. The number of hydrogen-bond acceptors (Lipinski definition) is 8. The number of carbonyl (C=O) groups excluding carboxylic acids is 2. The molecule has 2 atom stereocenters. The van der Waals surface area contributed by atoms with E-state index in [4.69, 9.17) is 18.5 Å². The van der Waals surface area contributed by atoms with Gasteiger partial charge < -0.3 is 27.9 Å². The van der Waals surface area contributed by atoms with Crippen LogP contribution in [0.1, 0.15) is 284 Å². The Morgan fingerprint density at radius 1 is 0.412 bits per heavy atom. The average molecular weight is 1140 g/mol. The molecule has 10 heteroatoms. The van der Waals surface area contributed by atoms with E-state index < -0.39 is 32.5 Å². The quantitative estimate of drug-likeness (QED) is 0.0195. The number of rotatable bonds is 60. The fourth-order valence-electron chi connectivity index (χ4n) is 9.09. The van der Waals surface area contributed by atoms with Crippen molar-refractivity contribution in [3.63, 3.8) is 0 Å². The molecule has 0 fully saturated rings. The van der Waals surface area contributed by atoms with Crippen LogP contribution >= 0.6 is 7.82 Å². The Bertz CT molecular complexity index is 1670. The second kappa shape index (κ2) is 60.5. The van der Waals surface area contributed by atoms with Gasteiger partial charge in [0.2, 0.25) is 0 Å². The second-order valence-corrected chi connectivity index (χ2v) is 24.5. The molecule has 0 aliphatic heterocycles. The summed E-state index contributed by atoms with van der Waals surface area (Å²) in [6.45, 7) is 4.01. The number of allylic oxidation sites excluding steroid dienone is 15. The smallest absolute Gasteiger partial charge is 0.310 e. The summed E-state index contributed by atoms with van der Waals surface area (Å²) in [4.78, 5) is 37.8. The summed E-state index contributed by atoms with van der Waals surface area (Å²) in [5.74, 6) is -0.977. The topological polar surface area (TPSA) is 111 Å². The van der Waals surface area contributed by atoms with Crippen molar-refractivity contribution in [1.82, 2.24) is 0 Å². The SMILES string of the molecule is CC/C=C\C/C=C\C/C=C\C/C=C\C/C=C\CC(=O)OC(COC(=O)CCCCCCCCCCCCCCCCCCCCCCCCCCCC/C=C\C/C=C\C/C=C\CCCCCCC)COP(=O)([O-])OCC[N+](C)(C)C. The van der Waals surface area contributed by atoms with E-state index in [-0.39, 0.29) is 26.1 Å². The lowest BCUT2D eigenvalue weighted by Gasteiger charge is -2.28. The highest BCUT2D eigenvalue weighted by molar-refractivity contribution is 7.45. The normalized spacial score (nSPS) is 13.8. The molecule has 0 aliphatic carbocycles. The molecule has 2 unspecified atom stereocenters. The predicted molar refractivity (Wildman–Crippen MR) is 342 cm³/mol. The van der Waals surface area contributed by atoms with Crippen LogP contribution in [0.5, 0.6) is 0 Å². The molecule has 0 N–H and O–H groups in total. The zero-order valence-electron chi connectivity index (χ0n) is 52.5. The van der Waals surface area contributed by atoms with Crippen LogP contribution in [-0.4, -0.2) is 70.0 Å². The van der Waals surface area contributed by atoms with E-state index in [1.54, 1.807) is 6.08 Å². The zero-order chi connectivity index (χ0) is 58.4. The largest absolute Gasteiger partial charge is 0.756 e. The van der Waals surface area contributed by atoms with Gasteiger partial charge in [-0.1, -0.05) is 291 Å². The number of likely N-dealkylation sites (N-methyl/N-ethyl adjacent to an activating group) is 1. The van der Waals surface area contributed by atoms with Gasteiger partial charge in [0.05, 0.1) is 34.2 Å². The number of carbonyl (C=O) groups is 2. The van der Waals surface area contributed by atoms with E-state index in [0.717, 1.165) is 57.8 Å². The van der Waals surface area contributed by atoms with Crippen LogP contribution in [0.15, 0.2) is 97.2 Å². The highest BCUT2D eigenvalue weighted by Crippen LogP contribution is 2.38. The molecule has 0 aromatic heterocycles. The average Bonchev–Trinajstić information content (AvgIpc) is 3.42. The number of phosphoric ester groups is 1. The molecule has 0 heterocycles. The second-order valence-electron chi connectivity index (χ2n) is 23.1. The lowest BCUT2D eigenvalue weighted by molar-refractivity contribution is -0.870. The van der Waals surface area contributed by atoms with E-state index in [1.807, 2.05) is 33.3 Å².